The molecule has 5 rings (SSSR count). The van der Waals surface area contributed by atoms with E-state index in [1.54, 1.807) is 24.3 Å². The summed E-state index contributed by atoms with van der Waals surface area (Å²) in [5, 5.41) is 11.5. The molecule has 0 saturated carbocycles. The Kier molecular flexibility index (Phi) is 6.77. The monoisotopic (exact) mass is 542 g/mol. The number of carbonyl (C=O) groups excluding carboxylic acids is 1. The summed E-state index contributed by atoms with van der Waals surface area (Å²) >= 11 is 6.02. The maximum Gasteiger partial charge on any atom is 0.416 e. The number of anilines is 1. The number of rotatable bonds is 6. The zero-order valence-electron chi connectivity index (χ0n) is 20.1. The van der Waals surface area contributed by atoms with Crippen molar-refractivity contribution < 1.29 is 27.8 Å². The van der Waals surface area contributed by atoms with Crippen LogP contribution in [-0.4, -0.2) is 38.9 Å². The smallest absolute Gasteiger partial charge is 0.416 e. The van der Waals surface area contributed by atoms with Crippen molar-refractivity contribution in [3.05, 3.63) is 106 Å². The molecule has 4 aromatic rings. The van der Waals surface area contributed by atoms with Gasteiger partial charge in [0.05, 0.1) is 12.1 Å². The summed E-state index contributed by atoms with van der Waals surface area (Å²) in [6, 6.07) is 20.5. The van der Waals surface area contributed by atoms with E-state index in [-0.39, 0.29) is 36.4 Å². The first-order chi connectivity index (χ1) is 18.1. The average molecular weight is 543 g/mol. The molecule has 11 heteroatoms. The highest BCUT2D eigenvalue weighted by Crippen LogP contribution is 2.37. The number of aromatic nitrogens is 2. The normalized spacial score (nSPS) is 15.5. The van der Waals surface area contributed by atoms with Crippen LogP contribution < -0.4 is 9.64 Å². The summed E-state index contributed by atoms with van der Waals surface area (Å²) in [5.74, 6) is -0.465. The maximum atomic E-state index is 13.4. The van der Waals surface area contributed by atoms with Crippen LogP contribution in [0.1, 0.15) is 27.2 Å². The average Bonchev–Trinajstić information content (AvgIpc) is 3.24. The van der Waals surface area contributed by atoms with Gasteiger partial charge in [0, 0.05) is 18.6 Å². The van der Waals surface area contributed by atoms with Gasteiger partial charge in [-0.15, -0.1) is 0 Å². The number of carbonyl (C=O) groups is 1. The molecule has 1 aromatic heterocycles. The standard InChI is InChI=1S/C27H22ClF3N4O3/c1-33-24(36)22-23(35(26(33)37)16-17-6-3-2-4-7-17)32-25(34(22)15-18-10-12-20(28)13-11-18)38-21-9-5-8-19(14-21)27(29,30)31/h2-14,26,37H,15-16H2,1H3. The van der Waals surface area contributed by atoms with Gasteiger partial charge in [-0.05, 0) is 41.5 Å². The van der Waals surface area contributed by atoms with Crippen LogP contribution in [-0.2, 0) is 19.3 Å². The Morgan fingerprint density at radius 3 is 2.34 bits per heavy atom. The highest BCUT2D eigenvalue weighted by atomic mass is 35.5. The largest absolute Gasteiger partial charge is 0.425 e. The van der Waals surface area contributed by atoms with Gasteiger partial charge in [0.1, 0.15) is 5.75 Å². The topological polar surface area (TPSA) is 70.8 Å². The lowest BCUT2D eigenvalue weighted by Crippen LogP contribution is -2.53. The summed E-state index contributed by atoms with van der Waals surface area (Å²) in [4.78, 5) is 20.6. The van der Waals surface area contributed by atoms with E-state index in [0.29, 0.717) is 5.02 Å². The van der Waals surface area contributed by atoms with Crippen LogP contribution in [0.3, 0.4) is 0 Å². The Hall–Kier alpha value is -4.02. The molecular weight excluding hydrogens is 521 g/mol. The molecule has 1 aliphatic rings. The van der Waals surface area contributed by atoms with Gasteiger partial charge in [-0.1, -0.05) is 60.1 Å². The summed E-state index contributed by atoms with van der Waals surface area (Å²) in [7, 11) is 1.46. The van der Waals surface area contributed by atoms with E-state index in [1.807, 2.05) is 30.3 Å². The lowest BCUT2D eigenvalue weighted by atomic mass is 10.2. The minimum Gasteiger partial charge on any atom is -0.425 e. The van der Waals surface area contributed by atoms with Crippen molar-refractivity contribution in [2.75, 3.05) is 11.9 Å². The van der Waals surface area contributed by atoms with E-state index in [0.717, 1.165) is 23.3 Å². The van der Waals surface area contributed by atoms with E-state index in [9.17, 15) is 23.1 Å². The molecule has 38 heavy (non-hydrogen) atoms. The first-order valence-electron chi connectivity index (χ1n) is 11.6. The minimum absolute atomic E-state index is 0.0989. The fourth-order valence-electron chi connectivity index (χ4n) is 4.20. The van der Waals surface area contributed by atoms with Gasteiger partial charge in [-0.2, -0.15) is 18.2 Å². The Labute approximate surface area is 221 Å². The third kappa shape index (κ3) is 5.05. The molecule has 2 heterocycles. The molecule has 0 saturated heterocycles. The van der Waals surface area contributed by atoms with E-state index in [2.05, 4.69) is 4.98 Å². The molecule has 0 fully saturated rings. The predicted molar refractivity (Wildman–Crippen MR) is 135 cm³/mol. The van der Waals surface area contributed by atoms with E-state index in [1.165, 1.54) is 33.5 Å². The van der Waals surface area contributed by atoms with Crippen molar-refractivity contribution in [2.45, 2.75) is 25.6 Å². The summed E-state index contributed by atoms with van der Waals surface area (Å²) in [6.07, 6.45) is -5.89. The molecule has 7 nitrogen and oxygen atoms in total. The molecule has 3 aromatic carbocycles. The Bertz CT molecular complexity index is 1460. The molecule has 196 valence electrons. The molecule has 1 N–H and O–H groups in total. The molecule has 0 aliphatic carbocycles. The number of benzene rings is 3. The lowest BCUT2D eigenvalue weighted by Gasteiger charge is -2.38. The van der Waals surface area contributed by atoms with Crippen molar-refractivity contribution in [3.8, 4) is 11.8 Å². The SMILES string of the molecule is CN1C(=O)c2c(nc(Oc3cccc(C(F)(F)F)c3)n2Cc2ccc(Cl)cc2)N(Cc2ccccc2)C1O. The maximum absolute atomic E-state index is 13.4. The molecule has 0 spiro atoms. The number of halogens is 4. The van der Waals surface area contributed by atoms with Gasteiger partial charge in [0.15, 0.2) is 11.5 Å². The number of alkyl halides is 3. The third-order valence-electron chi connectivity index (χ3n) is 6.15. The molecule has 0 bridgehead atoms. The van der Waals surface area contributed by atoms with Gasteiger partial charge in [0.25, 0.3) is 5.91 Å². The van der Waals surface area contributed by atoms with Crippen molar-refractivity contribution in [1.82, 2.24) is 14.5 Å². The number of hydrogen-bond donors (Lipinski definition) is 1. The minimum atomic E-state index is -4.56. The highest BCUT2D eigenvalue weighted by molar-refractivity contribution is 6.30. The van der Waals surface area contributed by atoms with Crippen LogP contribution >= 0.6 is 11.6 Å². The number of aliphatic hydroxyl groups is 1. The molecule has 0 radical (unpaired) electrons. The van der Waals surface area contributed by atoms with Gasteiger partial charge in [-0.25, -0.2) is 0 Å². The van der Waals surface area contributed by atoms with Gasteiger partial charge >= 0.3 is 12.2 Å². The van der Waals surface area contributed by atoms with Crippen LogP contribution in [0.15, 0.2) is 78.9 Å². The number of hydrogen-bond acceptors (Lipinski definition) is 5. The zero-order valence-corrected chi connectivity index (χ0v) is 20.8. The summed E-state index contributed by atoms with van der Waals surface area (Å²) < 4.78 is 47.3. The number of ether oxygens (including phenoxy) is 1. The number of imidazole rings is 1. The van der Waals surface area contributed by atoms with Crippen molar-refractivity contribution in [3.63, 3.8) is 0 Å². The first kappa shape index (κ1) is 25.6. The second-order valence-corrected chi connectivity index (χ2v) is 9.22. The lowest BCUT2D eigenvalue weighted by molar-refractivity contribution is -0.137. The van der Waals surface area contributed by atoms with Gasteiger partial charge < -0.3 is 14.7 Å². The fourth-order valence-corrected chi connectivity index (χ4v) is 4.32. The van der Waals surface area contributed by atoms with Crippen LogP contribution in [0.25, 0.3) is 0 Å². The number of amides is 1. The van der Waals surface area contributed by atoms with Crippen molar-refractivity contribution >= 4 is 23.3 Å². The molecule has 1 atom stereocenters. The molecule has 1 unspecified atom stereocenters. The zero-order chi connectivity index (χ0) is 27.0. The summed E-state index contributed by atoms with van der Waals surface area (Å²) in [5.41, 5.74) is 0.852. The van der Waals surface area contributed by atoms with Crippen LogP contribution in [0.2, 0.25) is 5.02 Å². The summed E-state index contributed by atoms with van der Waals surface area (Å²) in [6.45, 7) is 0.330. The van der Waals surface area contributed by atoms with E-state index in [4.69, 9.17) is 16.3 Å². The molecular formula is C27H22ClF3N4O3. The van der Waals surface area contributed by atoms with Crippen LogP contribution in [0, 0.1) is 0 Å². The fraction of sp³-hybridized carbons (Fsp3) is 0.185. The van der Waals surface area contributed by atoms with Crippen molar-refractivity contribution in [2.24, 2.45) is 0 Å². The first-order valence-corrected chi connectivity index (χ1v) is 12.0. The van der Waals surface area contributed by atoms with Gasteiger partial charge in [-0.3, -0.25) is 14.3 Å². The molecule has 1 aliphatic heterocycles. The van der Waals surface area contributed by atoms with Crippen LogP contribution in [0.4, 0.5) is 19.0 Å². The second kappa shape index (κ2) is 10.0. The second-order valence-electron chi connectivity index (χ2n) is 8.78. The number of fused-ring (bicyclic) bond motifs is 1. The third-order valence-corrected chi connectivity index (χ3v) is 6.41. The quantitative estimate of drug-likeness (QED) is 0.335. The Morgan fingerprint density at radius 2 is 1.66 bits per heavy atom. The van der Waals surface area contributed by atoms with Crippen molar-refractivity contribution in [1.29, 1.82) is 0 Å². The highest BCUT2D eigenvalue weighted by Gasteiger charge is 2.40. The van der Waals surface area contributed by atoms with E-state index < -0.39 is 24.0 Å². The van der Waals surface area contributed by atoms with Gasteiger partial charge in [0.2, 0.25) is 6.35 Å². The van der Waals surface area contributed by atoms with E-state index >= 15 is 0 Å². The predicted octanol–water partition coefficient (Wildman–Crippen LogP) is 5.76. The Balaban J connectivity index is 1.62. The Morgan fingerprint density at radius 1 is 0.974 bits per heavy atom. The van der Waals surface area contributed by atoms with Crippen LogP contribution in [0.5, 0.6) is 11.8 Å². The number of nitrogens with zero attached hydrogens (tertiary/aromatic N) is 4. The molecule has 1 amide bonds. The number of aliphatic hydroxyl groups excluding tert-OH is 1.